The largest absolute Gasteiger partial charge is 0.394 e. The molecule has 1 atom stereocenters. The standard InChI is InChI=1S/C18H24N2O2/c21-13-18(8-3-4-9-18)20-17(22)16-6-2-1-5-15(16)11-14-7-10-19-12-14/h1-6,14,19,21H,7-13H2,(H,20,22). The van der Waals surface area contributed by atoms with Crippen molar-refractivity contribution in [2.45, 2.75) is 31.2 Å². The summed E-state index contributed by atoms with van der Waals surface area (Å²) in [5, 5.41) is 16.1. The molecule has 1 unspecified atom stereocenters. The SMILES string of the molecule is O=C(NC1(CO)CC=CC1)c1ccccc1CC1CCNC1. The fraction of sp³-hybridized carbons (Fsp3) is 0.500. The van der Waals surface area contributed by atoms with Crippen LogP contribution in [0.4, 0.5) is 0 Å². The summed E-state index contributed by atoms with van der Waals surface area (Å²) in [5.41, 5.74) is 1.33. The molecule has 3 N–H and O–H groups in total. The van der Waals surface area contributed by atoms with Gasteiger partial charge in [-0.2, -0.15) is 0 Å². The van der Waals surface area contributed by atoms with Crippen LogP contribution < -0.4 is 10.6 Å². The number of amides is 1. The first-order valence-electron chi connectivity index (χ1n) is 8.09. The van der Waals surface area contributed by atoms with E-state index in [4.69, 9.17) is 0 Å². The first kappa shape index (κ1) is 15.3. The van der Waals surface area contributed by atoms with Crippen LogP contribution in [0.2, 0.25) is 0 Å². The van der Waals surface area contributed by atoms with Crippen molar-refractivity contribution in [3.8, 4) is 0 Å². The molecular weight excluding hydrogens is 276 g/mol. The first-order valence-corrected chi connectivity index (χ1v) is 8.09. The second kappa shape index (κ2) is 6.63. The van der Waals surface area contributed by atoms with Crippen LogP contribution in [0.3, 0.4) is 0 Å². The average Bonchev–Trinajstić information content (AvgIpc) is 3.20. The molecule has 1 aliphatic heterocycles. The van der Waals surface area contributed by atoms with Gasteiger partial charge in [0.15, 0.2) is 0 Å². The highest BCUT2D eigenvalue weighted by Gasteiger charge is 2.32. The van der Waals surface area contributed by atoms with Gasteiger partial charge in [0.25, 0.3) is 5.91 Å². The number of rotatable bonds is 5. The number of nitrogens with one attached hydrogen (secondary N) is 2. The Hall–Kier alpha value is -1.65. The van der Waals surface area contributed by atoms with Crippen molar-refractivity contribution >= 4 is 5.91 Å². The first-order chi connectivity index (χ1) is 10.7. The molecule has 1 aromatic carbocycles. The summed E-state index contributed by atoms with van der Waals surface area (Å²) in [6.45, 7) is 2.07. The Morgan fingerprint density at radius 1 is 1.32 bits per heavy atom. The molecule has 1 saturated heterocycles. The van der Waals surface area contributed by atoms with Gasteiger partial charge in [-0.25, -0.2) is 0 Å². The Bertz CT molecular complexity index is 554. The lowest BCUT2D eigenvalue weighted by molar-refractivity contribution is 0.0844. The number of carbonyl (C=O) groups is 1. The zero-order chi connectivity index (χ0) is 15.4. The lowest BCUT2D eigenvalue weighted by Crippen LogP contribution is -2.49. The minimum Gasteiger partial charge on any atom is -0.394 e. The van der Waals surface area contributed by atoms with Crippen molar-refractivity contribution in [2.75, 3.05) is 19.7 Å². The van der Waals surface area contributed by atoms with E-state index in [1.54, 1.807) is 0 Å². The highest BCUT2D eigenvalue weighted by atomic mass is 16.3. The highest BCUT2D eigenvalue weighted by Crippen LogP contribution is 2.25. The van der Waals surface area contributed by atoms with Crippen LogP contribution in [0.1, 0.15) is 35.2 Å². The summed E-state index contributed by atoms with van der Waals surface area (Å²) in [6, 6.07) is 7.84. The van der Waals surface area contributed by atoms with Crippen molar-refractivity contribution in [1.29, 1.82) is 0 Å². The van der Waals surface area contributed by atoms with E-state index in [1.807, 2.05) is 36.4 Å². The molecule has 1 heterocycles. The lowest BCUT2D eigenvalue weighted by atomic mass is 9.93. The Labute approximate surface area is 131 Å². The van der Waals surface area contributed by atoms with Gasteiger partial charge < -0.3 is 15.7 Å². The van der Waals surface area contributed by atoms with Gasteiger partial charge in [0.2, 0.25) is 0 Å². The number of hydrogen-bond acceptors (Lipinski definition) is 3. The molecule has 3 rings (SSSR count). The maximum absolute atomic E-state index is 12.7. The summed E-state index contributed by atoms with van der Waals surface area (Å²) < 4.78 is 0. The molecule has 0 radical (unpaired) electrons. The van der Waals surface area contributed by atoms with E-state index < -0.39 is 5.54 Å². The second-order valence-electron chi connectivity index (χ2n) is 6.49. The van der Waals surface area contributed by atoms with E-state index in [9.17, 15) is 9.90 Å². The van der Waals surface area contributed by atoms with E-state index >= 15 is 0 Å². The Balaban J connectivity index is 1.74. The van der Waals surface area contributed by atoms with Crippen LogP contribution in [0, 0.1) is 5.92 Å². The molecule has 22 heavy (non-hydrogen) atoms. The van der Waals surface area contributed by atoms with Crippen LogP contribution in [-0.2, 0) is 6.42 Å². The fourth-order valence-electron chi connectivity index (χ4n) is 3.40. The zero-order valence-electron chi connectivity index (χ0n) is 12.8. The van der Waals surface area contributed by atoms with Crippen molar-refractivity contribution < 1.29 is 9.90 Å². The molecule has 2 aliphatic rings. The Morgan fingerprint density at radius 3 is 2.77 bits per heavy atom. The third-order valence-corrected chi connectivity index (χ3v) is 4.80. The predicted molar refractivity (Wildman–Crippen MR) is 86.8 cm³/mol. The highest BCUT2D eigenvalue weighted by molar-refractivity contribution is 5.96. The maximum atomic E-state index is 12.7. The van der Waals surface area contributed by atoms with Gasteiger partial charge in [-0.05, 0) is 56.3 Å². The molecular formula is C18H24N2O2. The van der Waals surface area contributed by atoms with Gasteiger partial charge in [-0.1, -0.05) is 30.4 Å². The van der Waals surface area contributed by atoms with Crippen LogP contribution >= 0.6 is 0 Å². The lowest BCUT2D eigenvalue weighted by Gasteiger charge is -2.28. The van der Waals surface area contributed by atoms with Gasteiger partial charge in [-0.15, -0.1) is 0 Å². The average molecular weight is 300 g/mol. The fourth-order valence-corrected chi connectivity index (χ4v) is 3.40. The van der Waals surface area contributed by atoms with Crippen molar-refractivity contribution in [1.82, 2.24) is 10.6 Å². The van der Waals surface area contributed by atoms with Gasteiger partial charge in [0.05, 0.1) is 12.1 Å². The monoisotopic (exact) mass is 300 g/mol. The molecule has 4 heteroatoms. The quantitative estimate of drug-likeness (QED) is 0.725. The van der Waals surface area contributed by atoms with E-state index in [0.717, 1.165) is 30.6 Å². The van der Waals surface area contributed by atoms with E-state index in [-0.39, 0.29) is 12.5 Å². The van der Waals surface area contributed by atoms with E-state index in [0.29, 0.717) is 18.8 Å². The number of aliphatic hydroxyl groups is 1. The van der Waals surface area contributed by atoms with Gasteiger partial charge in [0.1, 0.15) is 0 Å². The molecule has 0 spiro atoms. The van der Waals surface area contributed by atoms with Crippen molar-refractivity contribution in [3.05, 3.63) is 47.5 Å². The smallest absolute Gasteiger partial charge is 0.252 e. The summed E-state index contributed by atoms with van der Waals surface area (Å²) in [4.78, 5) is 12.7. The van der Waals surface area contributed by atoms with E-state index in [1.165, 1.54) is 6.42 Å². The predicted octanol–water partition coefficient (Wildman–Crippen LogP) is 1.65. The molecule has 0 aromatic heterocycles. The summed E-state index contributed by atoms with van der Waals surface area (Å²) in [5.74, 6) is 0.535. The zero-order valence-corrected chi connectivity index (χ0v) is 12.8. The number of aliphatic hydroxyl groups excluding tert-OH is 1. The second-order valence-corrected chi connectivity index (χ2v) is 6.49. The van der Waals surface area contributed by atoms with E-state index in [2.05, 4.69) is 10.6 Å². The van der Waals surface area contributed by atoms with Crippen LogP contribution in [-0.4, -0.2) is 36.2 Å². The van der Waals surface area contributed by atoms with Gasteiger partial charge in [0, 0.05) is 5.56 Å². The molecule has 118 valence electrons. The van der Waals surface area contributed by atoms with Crippen molar-refractivity contribution in [3.63, 3.8) is 0 Å². The van der Waals surface area contributed by atoms with Gasteiger partial charge in [-0.3, -0.25) is 4.79 Å². The minimum atomic E-state index is -0.515. The molecule has 4 nitrogen and oxygen atoms in total. The summed E-state index contributed by atoms with van der Waals surface area (Å²) in [7, 11) is 0. The van der Waals surface area contributed by atoms with Crippen LogP contribution in [0.25, 0.3) is 0 Å². The normalized spacial score (nSPS) is 22.9. The molecule has 1 aromatic rings. The molecule has 1 aliphatic carbocycles. The number of hydrogen-bond donors (Lipinski definition) is 3. The molecule has 1 fully saturated rings. The Kier molecular flexibility index (Phi) is 4.60. The minimum absolute atomic E-state index is 0.0273. The molecule has 0 saturated carbocycles. The topological polar surface area (TPSA) is 61.4 Å². The van der Waals surface area contributed by atoms with Crippen LogP contribution in [0.5, 0.6) is 0 Å². The molecule has 1 amide bonds. The summed E-state index contributed by atoms with van der Waals surface area (Å²) in [6.07, 6.45) is 7.54. The maximum Gasteiger partial charge on any atom is 0.252 e. The van der Waals surface area contributed by atoms with Crippen LogP contribution in [0.15, 0.2) is 36.4 Å². The van der Waals surface area contributed by atoms with Crippen molar-refractivity contribution in [2.24, 2.45) is 5.92 Å². The Morgan fingerprint density at radius 2 is 2.09 bits per heavy atom. The third-order valence-electron chi connectivity index (χ3n) is 4.80. The molecule has 0 bridgehead atoms. The van der Waals surface area contributed by atoms with Gasteiger partial charge >= 0.3 is 0 Å². The summed E-state index contributed by atoms with van der Waals surface area (Å²) >= 11 is 0. The third kappa shape index (κ3) is 3.23. The number of benzene rings is 1. The number of carbonyl (C=O) groups excluding carboxylic acids is 1.